The van der Waals surface area contributed by atoms with Crippen molar-refractivity contribution in [1.82, 2.24) is 15.5 Å². The first-order valence-electron chi connectivity index (χ1n) is 7.61. The van der Waals surface area contributed by atoms with E-state index in [1.807, 2.05) is 0 Å². The van der Waals surface area contributed by atoms with E-state index < -0.39 is 6.03 Å². The maximum absolute atomic E-state index is 11.9. The van der Waals surface area contributed by atoms with Crippen molar-refractivity contribution in [3.05, 3.63) is 0 Å². The molecule has 7 nitrogen and oxygen atoms in total. The van der Waals surface area contributed by atoms with Gasteiger partial charge in [-0.25, -0.2) is 4.79 Å². The highest BCUT2D eigenvalue weighted by molar-refractivity contribution is 5.95. The van der Waals surface area contributed by atoms with Crippen LogP contribution in [0, 0.1) is 0 Å². The number of hydrogen-bond donors (Lipinski definition) is 2. The van der Waals surface area contributed by atoms with Crippen LogP contribution in [0.1, 0.15) is 39.0 Å². The lowest BCUT2D eigenvalue weighted by Gasteiger charge is -2.33. The normalized spacial score (nSPS) is 22.4. The number of rotatable bonds is 5. The summed E-state index contributed by atoms with van der Waals surface area (Å²) in [6.07, 6.45) is 4.53. The van der Waals surface area contributed by atoms with Gasteiger partial charge < -0.3 is 10.1 Å². The van der Waals surface area contributed by atoms with Crippen molar-refractivity contribution < 1.29 is 19.1 Å². The third-order valence-corrected chi connectivity index (χ3v) is 3.68. The Hall–Kier alpha value is -1.63. The van der Waals surface area contributed by atoms with Crippen molar-refractivity contribution in [3.8, 4) is 0 Å². The number of ether oxygens (including phenoxy) is 1. The van der Waals surface area contributed by atoms with E-state index in [4.69, 9.17) is 4.74 Å². The van der Waals surface area contributed by atoms with Crippen molar-refractivity contribution in [2.45, 2.75) is 51.1 Å². The monoisotopic (exact) mass is 297 g/mol. The van der Waals surface area contributed by atoms with E-state index in [0.717, 1.165) is 25.7 Å². The fourth-order valence-electron chi connectivity index (χ4n) is 2.49. The summed E-state index contributed by atoms with van der Waals surface area (Å²) in [6, 6.07) is -0.622. The second-order valence-corrected chi connectivity index (χ2v) is 5.53. The predicted octanol–water partition coefficient (Wildman–Crippen LogP) is 0.392. The molecule has 1 aliphatic carbocycles. The minimum absolute atomic E-state index is 0.0432. The van der Waals surface area contributed by atoms with Crippen LogP contribution in [0.2, 0.25) is 0 Å². The molecule has 0 aromatic rings. The van der Waals surface area contributed by atoms with Gasteiger partial charge in [0.2, 0.25) is 5.91 Å². The number of imide groups is 1. The smallest absolute Gasteiger partial charge is 0.323 e. The fraction of sp³-hybridized carbons (Fsp3) is 0.786. The minimum atomic E-state index is -0.452. The van der Waals surface area contributed by atoms with E-state index >= 15 is 0 Å². The second-order valence-electron chi connectivity index (χ2n) is 5.53. The standard InChI is InChI=1S/C14H23N3O4/c1-2-21-13(19)11-5-3-4-8-17(11)9-12(18)16-14(20)15-10-6-7-10/h10-11H,2-9H2,1H3,(H2,15,16,18,20). The summed E-state index contributed by atoms with van der Waals surface area (Å²) in [5, 5.41) is 5.00. The van der Waals surface area contributed by atoms with Crippen molar-refractivity contribution in [2.24, 2.45) is 0 Å². The number of nitrogens with zero attached hydrogens (tertiary/aromatic N) is 1. The summed E-state index contributed by atoms with van der Waals surface area (Å²) in [5.41, 5.74) is 0. The Kier molecular flexibility index (Phi) is 5.55. The number of nitrogens with one attached hydrogen (secondary N) is 2. The third-order valence-electron chi connectivity index (χ3n) is 3.68. The minimum Gasteiger partial charge on any atom is -0.465 e. The predicted molar refractivity (Wildman–Crippen MR) is 75.5 cm³/mol. The molecule has 0 radical (unpaired) electrons. The first kappa shape index (κ1) is 15.8. The van der Waals surface area contributed by atoms with Crippen LogP contribution in [0.15, 0.2) is 0 Å². The summed E-state index contributed by atoms with van der Waals surface area (Å²) in [4.78, 5) is 37.1. The molecule has 2 fully saturated rings. The number of urea groups is 1. The highest BCUT2D eigenvalue weighted by atomic mass is 16.5. The van der Waals surface area contributed by atoms with Gasteiger partial charge in [-0.3, -0.25) is 19.8 Å². The zero-order valence-electron chi connectivity index (χ0n) is 12.4. The quantitative estimate of drug-likeness (QED) is 0.717. The Bertz CT molecular complexity index is 409. The molecular weight excluding hydrogens is 274 g/mol. The molecule has 2 N–H and O–H groups in total. The van der Waals surface area contributed by atoms with Crippen molar-refractivity contribution >= 4 is 17.9 Å². The van der Waals surface area contributed by atoms with Gasteiger partial charge in [0.1, 0.15) is 6.04 Å². The molecule has 1 saturated carbocycles. The van der Waals surface area contributed by atoms with Crippen LogP contribution in [0.25, 0.3) is 0 Å². The number of carbonyl (C=O) groups is 3. The van der Waals surface area contributed by atoms with Crippen LogP contribution in [-0.4, -0.2) is 54.6 Å². The average Bonchev–Trinajstić information content (AvgIpc) is 3.23. The summed E-state index contributed by atoms with van der Waals surface area (Å²) >= 11 is 0. The zero-order valence-corrected chi connectivity index (χ0v) is 12.4. The van der Waals surface area contributed by atoms with Crippen molar-refractivity contribution in [1.29, 1.82) is 0 Å². The van der Waals surface area contributed by atoms with E-state index in [1.165, 1.54) is 0 Å². The van der Waals surface area contributed by atoms with Gasteiger partial charge in [-0.05, 0) is 39.2 Å². The molecule has 0 bridgehead atoms. The van der Waals surface area contributed by atoms with E-state index in [0.29, 0.717) is 19.6 Å². The Morgan fingerprint density at radius 2 is 1.95 bits per heavy atom. The topological polar surface area (TPSA) is 87.7 Å². The van der Waals surface area contributed by atoms with Crippen LogP contribution in [0.3, 0.4) is 0 Å². The van der Waals surface area contributed by atoms with Crippen LogP contribution < -0.4 is 10.6 Å². The first-order valence-corrected chi connectivity index (χ1v) is 7.61. The van der Waals surface area contributed by atoms with Crippen LogP contribution >= 0.6 is 0 Å². The maximum atomic E-state index is 11.9. The SMILES string of the molecule is CCOC(=O)C1CCCCN1CC(=O)NC(=O)NC1CC1. The molecule has 1 unspecified atom stereocenters. The Morgan fingerprint density at radius 1 is 1.19 bits per heavy atom. The van der Waals surface area contributed by atoms with Gasteiger partial charge in [0.15, 0.2) is 0 Å². The van der Waals surface area contributed by atoms with Crippen LogP contribution in [-0.2, 0) is 14.3 Å². The lowest BCUT2D eigenvalue weighted by atomic mass is 10.0. The molecule has 1 atom stereocenters. The molecule has 3 amide bonds. The molecule has 7 heteroatoms. The number of carbonyl (C=O) groups excluding carboxylic acids is 3. The van der Waals surface area contributed by atoms with Gasteiger partial charge in [-0.15, -0.1) is 0 Å². The first-order chi connectivity index (χ1) is 10.1. The van der Waals surface area contributed by atoms with Gasteiger partial charge in [-0.2, -0.15) is 0 Å². The summed E-state index contributed by atoms with van der Waals surface area (Å²) in [6.45, 7) is 2.81. The van der Waals surface area contributed by atoms with Crippen molar-refractivity contribution in [3.63, 3.8) is 0 Å². The molecule has 1 saturated heterocycles. The lowest BCUT2D eigenvalue weighted by molar-refractivity contribution is -0.151. The van der Waals surface area contributed by atoms with Crippen LogP contribution in [0.4, 0.5) is 4.79 Å². The summed E-state index contributed by atoms with van der Waals surface area (Å²) < 4.78 is 5.04. The number of amides is 3. The number of piperidine rings is 1. The maximum Gasteiger partial charge on any atom is 0.323 e. The molecule has 0 aromatic heterocycles. The summed E-state index contributed by atoms with van der Waals surface area (Å²) in [5.74, 6) is -0.670. The summed E-state index contributed by atoms with van der Waals surface area (Å²) in [7, 11) is 0. The lowest BCUT2D eigenvalue weighted by Crippen LogP contribution is -2.51. The average molecular weight is 297 g/mol. The zero-order chi connectivity index (χ0) is 15.2. The molecule has 2 aliphatic rings. The molecule has 21 heavy (non-hydrogen) atoms. The second kappa shape index (κ2) is 7.40. The molecule has 1 aliphatic heterocycles. The van der Waals surface area contributed by atoms with E-state index in [-0.39, 0.29) is 30.5 Å². The fourth-order valence-corrected chi connectivity index (χ4v) is 2.49. The van der Waals surface area contributed by atoms with E-state index in [2.05, 4.69) is 10.6 Å². The largest absolute Gasteiger partial charge is 0.465 e. The Balaban J connectivity index is 1.81. The molecule has 0 aromatic carbocycles. The molecular formula is C14H23N3O4. The van der Waals surface area contributed by atoms with Crippen molar-refractivity contribution in [2.75, 3.05) is 19.7 Å². The number of hydrogen-bond acceptors (Lipinski definition) is 5. The van der Waals surface area contributed by atoms with Gasteiger partial charge >= 0.3 is 12.0 Å². The third kappa shape index (κ3) is 5.00. The van der Waals surface area contributed by atoms with Gasteiger partial charge in [0.25, 0.3) is 0 Å². The Morgan fingerprint density at radius 3 is 2.62 bits per heavy atom. The van der Waals surface area contributed by atoms with Crippen LogP contribution in [0.5, 0.6) is 0 Å². The molecule has 118 valence electrons. The van der Waals surface area contributed by atoms with E-state index in [1.54, 1.807) is 11.8 Å². The highest BCUT2D eigenvalue weighted by Crippen LogP contribution is 2.19. The number of likely N-dealkylation sites (tertiary alicyclic amines) is 1. The highest BCUT2D eigenvalue weighted by Gasteiger charge is 2.31. The van der Waals surface area contributed by atoms with Gasteiger partial charge in [-0.1, -0.05) is 6.42 Å². The Labute approximate surface area is 124 Å². The van der Waals surface area contributed by atoms with Gasteiger partial charge in [0, 0.05) is 6.04 Å². The number of esters is 1. The molecule has 1 heterocycles. The molecule has 2 rings (SSSR count). The van der Waals surface area contributed by atoms with Gasteiger partial charge in [0.05, 0.1) is 13.2 Å². The molecule has 0 spiro atoms. The van der Waals surface area contributed by atoms with E-state index in [9.17, 15) is 14.4 Å².